The molecule has 84 valence electrons. The minimum Gasteiger partial charge on any atom is -0.241 e. The average molecular weight is 223 g/mol. The second kappa shape index (κ2) is 4.06. The van der Waals surface area contributed by atoms with Crippen molar-refractivity contribution in [2.75, 3.05) is 0 Å². The highest BCUT2D eigenvalue weighted by Gasteiger charge is 2.19. The number of aryl methyl sites for hydroxylation is 1. The fourth-order valence-electron chi connectivity index (χ4n) is 2.50. The molecule has 3 heteroatoms. The summed E-state index contributed by atoms with van der Waals surface area (Å²) in [5, 5.41) is 13.3. The van der Waals surface area contributed by atoms with E-state index in [9.17, 15) is 0 Å². The second-order valence-electron chi connectivity index (χ2n) is 4.41. The molecule has 0 bridgehead atoms. The first-order valence-corrected chi connectivity index (χ1v) is 5.91. The Hall–Kier alpha value is -2.08. The zero-order valence-corrected chi connectivity index (χ0v) is 9.50. The van der Waals surface area contributed by atoms with Crippen molar-refractivity contribution in [2.24, 2.45) is 0 Å². The van der Waals surface area contributed by atoms with Gasteiger partial charge in [0.05, 0.1) is 17.7 Å². The van der Waals surface area contributed by atoms with Gasteiger partial charge >= 0.3 is 0 Å². The third kappa shape index (κ3) is 1.72. The van der Waals surface area contributed by atoms with Crippen LogP contribution in [-0.4, -0.2) is 9.78 Å². The van der Waals surface area contributed by atoms with Gasteiger partial charge in [-0.25, -0.2) is 4.68 Å². The van der Waals surface area contributed by atoms with Gasteiger partial charge in [-0.2, -0.15) is 10.4 Å². The highest BCUT2D eigenvalue weighted by Crippen LogP contribution is 2.32. The minimum absolute atomic E-state index is 0.0745. The van der Waals surface area contributed by atoms with E-state index >= 15 is 0 Å². The molecule has 1 aromatic heterocycles. The molecule has 0 spiro atoms. The smallest absolute Gasteiger partial charge is 0.0715 e. The molecular formula is C14H13N3. The molecule has 0 amide bonds. The van der Waals surface area contributed by atoms with E-state index in [1.54, 1.807) is 6.20 Å². The number of nitriles is 1. The fraction of sp³-hybridized carbons (Fsp3) is 0.286. The Morgan fingerprint density at radius 3 is 3.12 bits per heavy atom. The number of hydrogen-bond donors (Lipinski definition) is 0. The van der Waals surface area contributed by atoms with Gasteiger partial charge < -0.3 is 0 Å². The van der Waals surface area contributed by atoms with Crippen molar-refractivity contribution in [3.8, 4) is 11.8 Å². The Morgan fingerprint density at radius 2 is 2.35 bits per heavy atom. The third-order valence-electron chi connectivity index (χ3n) is 3.37. The molecule has 1 unspecified atom stereocenters. The zero-order chi connectivity index (χ0) is 11.7. The lowest BCUT2D eigenvalue weighted by Crippen LogP contribution is -2.09. The van der Waals surface area contributed by atoms with Gasteiger partial charge in [-0.15, -0.1) is 0 Å². The van der Waals surface area contributed by atoms with Crippen molar-refractivity contribution in [1.29, 1.82) is 5.26 Å². The SMILES string of the molecule is N#CC1CCCc2cc(-n3cccn3)ccc21. The highest BCUT2D eigenvalue weighted by atomic mass is 15.3. The summed E-state index contributed by atoms with van der Waals surface area (Å²) in [6.45, 7) is 0. The Balaban J connectivity index is 2.05. The van der Waals surface area contributed by atoms with Gasteiger partial charge in [0.2, 0.25) is 0 Å². The maximum absolute atomic E-state index is 9.12. The summed E-state index contributed by atoms with van der Waals surface area (Å²) >= 11 is 0. The van der Waals surface area contributed by atoms with Crippen molar-refractivity contribution >= 4 is 0 Å². The quantitative estimate of drug-likeness (QED) is 0.746. The van der Waals surface area contributed by atoms with Crippen LogP contribution in [0.15, 0.2) is 36.7 Å². The predicted octanol–water partition coefficient (Wildman–Crippen LogP) is 2.82. The lowest BCUT2D eigenvalue weighted by Gasteiger charge is -2.20. The molecule has 1 aliphatic carbocycles. The number of benzene rings is 1. The number of nitrogens with zero attached hydrogens (tertiary/aromatic N) is 3. The van der Waals surface area contributed by atoms with Crippen LogP contribution in [0, 0.1) is 11.3 Å². The molecule has 17 heavy (non-hydrogen) atoms. The molecule has 0 saturated carbocycles. The molecular weight excluding hydrogens is 210 g/mol. The van der Waals surface area contributed by atoms with E-state index < -0.39 is 0 Å². The summed E-state index contributed by atoms with van der Waals surface area (Å²) in [5.74, 6) is 0.0745. The maximum Gasteiger partial charge on any atom is 0.0715 e. The third-order valence-corrected chi connectivity index (χ3v) is 3.37. The topological polar surface area (TPSA) is 41.6 Å². The Morgan fingerprint density at radius 1 is 1.41 bits per heavy atom. The summed E-state index contributed by atoms with van der Waals surface area (Å²) in [5.41, 5.74) is 3.58. The summed E-state index contributed by atoms with van der Waals surface area (Å²) in [4.78, 5) is 0. The molecule has 0 fully saturated rings. The molecule has 3 rings (SSSR count). The maximum atomic E-state index is 9.12. The molecule has 1 aliphatic rings. The van der Waals surface area contributed by atoms with Crippen LogP contribution in [0.2, 0.25) is 0 Å². The van der Waals surface area contributed by atoms with Crippen LogP contribution >= 0.6 is 0 Å². The fourth-order valence-corrected chi connectivity index (χ4v) is 2.50. The van der Waals surface area contributed by atoms with E-state index in [0.29, 0.717) is 0 Å². The van der Waals surface area contributed by atoms with Gasteiger partial charge in [-0.1, -0.05) is 6.07 Å². The normalized spacial score (nSPS) is 18.4. The van der Waals surface area contributed by atoms with Crippen molar-refractivity contribution in [3.63, 3.8) is 0 Å². The Bertz CT molecular complexity index is 564. The van der Waals surface area contributed by atoms with Gasteiger partial charge in [0.15, 0.2) is 0 Å². The predicted molar refractivity (Wildman–Crippen MR) is 64.9 cm³/mol. The van der Waals surface area contributed by atoms with Gasteiger partial charge in [-0.3, -0.25) is 0 Å². The monoisotopic (exact) mass is 223 g/mol. The van der Waals surface area contributed by atoms with Crippen LogP contribution in [0.5, 0.6) is 0 Å². The van der Waals surface area contributed by atoms with E-state index in [1.165, 1.54) is 11.1 Å². The molecule has 1 atom stereocenters. The van der Waals surface area contributed by atoms with E-state index in [-0.39, 0.29) is 5.92 Å². The first kappa shape index (κ1) is 10.1. The van der Waals surface area contributed by atoms with Crippen LogP contribution in [0.4, 0.5) is 0 Å². The van der Waals surface area contributed by atoms with Crippen LogP contribution in [0.1, 0.15) is 29.9 Å². The van der Waals surface area contributed by atoms with Gasteiger partial charge in [0.25, 0.3) is 0 Å². The molecule has 2 aromatic rings. The van der Waals surface area contributed by atoms with Gasteiger partial charge in [0, 0.05) is 12.4 Å². The molecule has 0 saturated heterocycles. The lowest BCUT2D eigenvalue weighted by atomic mass is 9.83. The van der Waals surface area contributed by atoms with E-state index in [2.05, 4.69) is 23.3 Å². The number of rotatable bonds is 1. The van der Waals surface area contributed by atoms with E-state index in [0.717, 1.165) is 24.9 Å². The van der Waals surface area contributed by atoms with Gasteiger partial charge in [-0.05, 0) is 48.6 Å². The van der Waals surface area contributed by atoms with Crippen molar-refractivity contribution < 1.29 is 0 Å². The molecule has 3 nitrogen and oxygen atoms in total. The standard InChI is InChI=1S/C14H13N3/c15-10-12-4-1-3-11-9-13(5-6-14(11)12)17-8-2-7-16-17/h2,5-9,12H,1,3-4H2. The number of hydrogen-bond acceptors (Lipinski definition) is 2. The minimum atomic E-state index is 0.0745. The van der Waals surface area contributed by atoms with Crippen LogP contribution in [0.3, 0.4) is 0 Å². The van der Waals surface area contributed by atoms with E-state index in [1.807, 2.05) is 23.0 Å². The summed E-state index contributed by atoms with van der Waals surface area (Å²) in [6, 6.07) is 10.6. The van der Waals surface area contributed by atoms with Crippen LogP contribution < -0.4 is 0 Å². The molecule has 1 aromatic carbocycles. The average Bonchev–Trinajstić information content (AvgIpc) is 2.91. The van der Waals surface area contributed by atoms with E-state index in [4.69, 9.17) is 5.26 Å². The van der Waals surface area contributed by atoms with Crippen molar-refractivity contribution in [1.82, 2.24) is 9.78 Å². The largest absolute Gasteiger partial charge is 0.241 e. The molecule has 0 radical (unpaired) electrons. The number of fused-ring (bicyclic) bond motifs is 1. The highest BCUT2D eigenvalue weighted by molar-refractivity contribution is 5.44. The Kier molecular flexibility index (Phi) is 2.41. The number of aromatic nitrogens is 2. The molecule has 0 aliphatic heterocycles. The van der Waals surface area contributed by atoms with Crippen LogP contribution in [0.25, 0.3) is 5.69 Å². The van der Waals surface area contributed by atoms with Gasteiger partial charge in [0.1, 0.15) is 0 Å². The van der Waals surface area contributed by atoms with Crippen molar-refractivity contribution in [3.05, 3.63) is 47.8 Å². The first-order valence-electron chi connectivity index (χ1n) is 5.91. The molecule has 1 heterocycles. The first-order chi connectivity index (χ1) is 8.38. The zero-order valence-electron chi connectivity index (χ0n) is 9.50. The summed E-state index contributed by atoms with van der Waals surface area (Å²) in [6.07, 6.45) is 6.88. The lowest BCUT2D eigenvalue weighted by molar-refractivity contribution is 0.635. The van der Waals surface area contributed by atoms with Crippen molar-refractivity contribution in [2.45, 2.75) is 25.2 Å². The van der Waals surface area contributed by atoms with Crippen LogP contribution in [-0.2, 0) is 6.42 Å². The summed E-state index contributed by atoms with van der Waals surface area (Å²) in [7, 11) is 0. The Labute approximate surface area is 100 Å². The molecule has 0 N–H and O–H groups in total. The second-order valence-corrected chi connectivity index (χ2v) is 4.41. The summed E-state index contributed by atoms with van der Waals surface area (Å²) < 4.78 is 1.86.